The summed E-state index contributed by atoms with van der Waals surface area (Å²) in [6.45, 7) is 2.41. The molecular weight excluding hydrogens is 378 g/mol. The Labute approximate surface area is 177 Å². The fraction of sp³-hybridized carbons (Fsp3) is 0.240. The van der Waals surface area contributed by atoms with Crippen LogP contribution in [0.5, 0.6) is 5.75 Å². The average molecular weight is 405 g/mol. The minimum absolute atomic E-state index is 0.146. The summed E-state index contributed by atoms with van der Waals surface area (Å²) in [6, 6.07) is 25.2. The number of benzene rings is 3. The minimum Gasteiger partial charge on any atom is -0.491 e. The first-order valence-electron chi connectivity index (χ1n) is 9.94. The van der Waals surface area contributed by atoms with E-state index in [2.05, 4.69) is 5.32 Å². The Hall–Kier alpha value is -3.15. The van der Waals surface area contributed by atoms with Crippen LogP contribution >= 0.6 is 0 Å². The van der Waals surface area contributed by atoms with Gasteiger partial charge in [-0.2, -0.15) is 0 Å². The quantitative estimate of drug-likeness (QED) is 0.482. The topological polar surface area (TPSA) is 56.8 Å². The van der Waals surface area contributed by atoms with Crippen LogP contribution in [0.2, 0.25) is 0 Å². The van der Waals surface area contributed by atoms with E-state index in [1.807, 2.05) is 66.7 Å². The van der Waals surface area contributed by atoms with Crippen molar-refractivity contribution in [2.75, 3.05) is 20.3 Å². The molecule has 0 heterocycles. The average Bonchev–Trinajstić information content (AvgIpc) is 2.79. The molecule has 0 radical (unpaired) electrons. The molecule has 156 valence electrons. The highest BCUT2D eigenvalue weighted by Gasteiger charge is 2.09. The summed E-state index contributed by atoms with van der Waals surface area (Å²) in [5, 5.41) is 2.98. The normalized spacial score (nSPS) is 10.6. The third-order valence-electron chi connectivity index (χ3n) is 4.58. The maximum Gasteiger partial charge on any atom is 0.251 e. The molecule has 5 heteroatoms. The predicted octanol–water partition coefficient (Wildman–Crippen LogP) is 4.36. The summed E-state index contributed by atoms with van der Waals surface area (Å²) in [6.07, 6.45) is 0. The van der Waals surface area contributed by atoms with E-state index in [1.54, 1.807) is 19.2 Å². The maximum absolute atomic E-state index is 12.6. The van der Waals surface area contributed by atoms with Crippen molar-refractivity contribution in [3.8, 4) is 5.75 Å². The SMILES string of the molecule is COCCOc1cccc(C(=O)NCc2ccccc2COCc2ccccc2)c1. The second kappa shape index (κ2) is 11.8. The van der Waals surface area contributed by atoms with Crippen molar-refractivity contribution < 1.29 is 19.0 Å². The fourth-order valence-corrected chi connectivity index (χ4v) is 2.97. The Morgan fingerprint density at radius 1 is 0.833 bits per heavy atom. The molecule has 0 saturated heterocycles. The number of hydrogen-bond donors (Lipinski definition) is 1. The highest BCUT2D eigenvalue weighted by atomic mass is 16.5. The van der Waals surface area contributed by atoms with Crippen LogP contribution in [0.4, 0.5) is 0 Å². The number of ether oxygens (including phenoxy) is 3. The Kier molecular flexibility index (Phi) is 8.45. The van der Waals surface area contributed by atoms with E-state index in [4.69, 9.17) is 14.2 Å². The lowest BCUT2D eigenvalue weighted by Crippen LogP contribution is -2.23. The van der Waals surface area contributed by atoms with Crippen molar-refractivity contribution in [2.45, 2.75) is 19.8 Å². The summed E-state index contributed by atoms with van der Waals surface area (Å²) in [4.78, 5) is 12.6. The number of amides is 1. The second-order valence-electron chi connectivity index (χ2n) is 6.80. The molecule has 1 amide bonds. The van der Waals surface area contributed by atoms with Crippen LogP contribution in [0.1, 0.15) is 27.0 Å². The van der Waals surface area contributed by atoms with Crippen molar-refractivity contribution >= 4 is 5.91 Å². The number of carbonyl (C=O) groups is 1. The first-order chi connectivity index (χ1) is 14.8. The van der Waals surface area contributed by atoms with Crippen LogP contribution in [0.25, 0.3) is 0 Å². The standard InChI is InChI=1S/C25H27NO4/c1-28-14-15-30-24-13-7-12-21(16-24)25(27)26-17-22-10-5-6-11-23(22)19-29-18-20-8-3-2-4-9-20/h2-13,16H,14-15,17-19H2,1H3,(H,26,27). The monoisotopic (exact) mass is 405 g/mol. The number of carbonyl (C=O) groups excluding carboxylic acids is 1. The summed E-state index contributed by atoms with van der Waals surface area (Å²) in [5.41, 5.74) is 3.79. The third kappa shape index (κ3) is 6.72. The van der Waals surface area contributed by atoms with Gasteiger partial charge in [0.2, 0.25) is 0 Å². The van der Waals surface area contributed by atoms with Crippen LogP contribution in [0.15, 0.2) is 78.9 Å². The number of nitrogens with one attached hydrogen (secondary N) is 1. The van der Waals surface area contributed by atoms with Gasteiger partial charge in [0.05, 0.1) is 19.8 Å². The van der Waals surface area contributed by atoms with E-state index in [0.717, 1.165) is 16.7 Å². The van der Waals surface area contributed by atoms with E-state index in [0.29, 0.717) is 44.3 Å². The summed E-state index contributed by atoms with van der Waals surface area (Å²) < 4.78 is 16.4. The Morgan fingerprint density at radius 3 is 2.40 bits per heavy atom. The molecule has 3 aromatic carbocycles. The lowest BCUT2D eigenvalue weighted by Gasteiger charge is -2.12. The van der Waals surface area contributed by atoms with E-state index in [-0.39, 0.29) is 5.91 Å². The maximum atomic E-state index is 12.6. The lowest BCUT2D eigenvalue weighted by molar-refractivity contribution is 0.0947. The molecule has 0 saturated carbocycles. The zero-order valence-electron chi connectivity index (χ0n) is 17.2. The van der Waals surface area contributed by atoms with Crippen molar-refractivity contribution in [3.63, 3.8) is 0 Å². The van der Waals surface area contributed by atoms with Crippen molar-refractivity contribution in [1.29, 1.82) is 0 Å². The molecule has 0 fully saturated rings. The molecule has 0 spiro atoms. The molecule has 0 aliphatic heterocycles. The van der Waals surface area contributed by atoms with E-state index in [1.165, 1.54) is 0 Å². The smallest absolute Gasteiger partial charge is 0.251 e. The van der Waals surface area contributed by atoms with Gasteiger partial charge in [-0.25, -0.2) is 0 Å². The zero-order valence-corrected chi connectivity index (χ0v) is 17.2. The fourth-order valence-electron chi connectivity index (χ4n) is 2.97. The molecule has 3 aromatic rings. The van der Waals surface area contributed by atoms with Crippen molar-refractivity contribution in [3.05, 3.63) is 101 Å². The molecular formula is C25H27NO4. The van der Waals surface area contributed by atoms with Crippen LogP contribution in [-0.2, 0) is 29.2 Å². The zero-order chi connectivity index (χ0) is 21.0. The van der Waals surface area contributed by atoms with Crippen LogP contribution < -0.4 is 10.1 Å². The van der Waals surface area contributed by atoms with Gasteiger partial charge in [-0.05, 0) is 34.9 Å². The number of methoxy groups -OCH3 is 1. The second-order valence-corrected chi connectivity index (χ2v) is 6.80. The molecule has 3 rings (SSSR count). The molecule has 5 nitrogen and oxygen atoms in total. The Bertz CT molecular complexity index is 927. The molecule has 0 bridgehead atoms. The van der Waals surface area contributed by atoms with Gasteiger partial charge in [0.15, 0.2) is 0 Å². The predicted molar refractivity (Wildman–Crippen MR) is 116 cm³/mol. The van der Waals surface area contributed by atoms with Crippen molar-refractivity contribution in [1.82, 2.24) is 5.32 Å². The molecule has 0 atom stereocenters. The lowest BCUT2D eigenvalue weighted by atomic mass is 10.1. The van der Waals surface area contributed by atoms with Gasteiger partial charge in [0, 0.05) is 19.2 Å². The van der Waals surface area contributed by atoms with Crippen molar-refractivity contribution in [2.24, 2.45) is 0 Å². The van der Waals surface area contributed by atoms with Crippen LogP contribution in [-0.4, -0.2) is 26.2 Å². The van der Waals surface area contributed by atoms with Gasteiger partial charge in [-0.3, -0.25) is 4.79 Å². The first-order valence-corrected chi connectivity index (χ1v) is 9.94. The highest BCUT2D eigenvalue weighted by Crippen LogP contribution is 2.15. The molecule has 0 aliphatic rings. The number of hydrogen-bond acceptors (Lipinski definition) is 4. The van der Waals surface area contributed by atoms with Gasteiger partial charge < -0.3 is 19.5 Å². The molecule has 0 aromatic heterocycles. The van der Waals surface area contributed by atoms with Gasteiger partial charge in [0.1, 0.15) is 12.4 Å². The highest BCUT2D eigenvalue weighted by molar-refractivity contribution is 5.94. The number of rotatable bonds is 11. The van der Waals surface area contributed by atoms with E-state index < -0.39 is 0 Å². The van der Waals surface area contributed by atoms with Gasteiger partial charge in [0.25, 0.3) is 5.91 Å². The molecule has 1 N–H and O–H groups in total. The summed E-state index contributed by atoms with van der Waals surface area (Å²) >= 11 is 0. The molecule has 0 unspecified atom stereocenters. The minimum atomic E-state index is -0.146. The Balaban J connectivity index is 1.54. The largest absolute Gasteiger partial charge is 0.491 e. The van der Waals surface area contributed by atoms with E-state index >= 15 is 0 Å². The summed E-state index contributed by atoms with van der Waals surface area (Å²) in [5.74, 6) is 0.501. The summed E-state index contributed by atoms with van der Waals surface area (Å²) in [7, 11) is 1.62. The third-order valence-corrected chi connectivity index (χ3v) is 4.58. The Morgan fingerprint density at radius 2 is 1.60 bits per heavy atom. The first kappa shape index (κ1) is 21.6. The molecule has 0 aliphatic carbocycles. The van der Waals surface area contributed by atoms with Gasteiger partial charge in [-0.15, -0.1) is 0 Å². The van der Waals surface area contributed by atoms with E-state index in [9.17, 15) is 4.79 Å². The van der Waals surface area contributed by atoms with Gasteiger partial charge in [-0.1, -0.05) is 60.7 Å². The van der Waals surface area contributed by atoms with Gasteiger partial charge >= 0.3 is 0 Å². The van der Waals surface area contributed by atoms with Crippen LogP contribution in [0.3, 0.4) is 0 Å². The van der Waals surface area contributed by atoms with Crippen LogP contribution in [0, 0.1) is 0 Å². The molecule has 30 heavy (non-hydrogen) atoms.